The Morgan fingerprint density at radius 3 is 2.72 bits per heavy atom. The maximum Gasteiger partial charge on any atom is 0.204 e. The Labute approximate surface area is 183 Å². The van der Waals surface area contributed by atoms with Crippen LogP contribution in [0.4, 0.5) is 0 Å². The molecule has 4 N–H and O–H groups in total. The van der Waals surface area contributed by atoms with Crippen LogP contribution in [0.5, 0.6) is 28.7 Å². The van der Waals surface area contributed by atoms with Crippen LogP contribution in [-0.4, -0.2) is 60.1 Å². The van der Waals surface area contributed by atoms with Crippen molar-refractivity contribution >= 4 is 11.0 Å². The van der Waals surface area contributed by atoms with E-state index >= 15 is 0 Å². The van der Waals surface area contributed by atoms with Gasteiger partial charge < -0.3 is 34.5 Å². The van der Waals surface area contributed by atoms with E-state index in [9.17, 15) is 20.1 Å². The molecule has 1 fully saturated rings. The molecule has 0 saturated carbocycles. The summed E-state index contributed by atoms with van der Waals surface area (Å²) in [7, 11) is 1.38. The van der Waals surface area contributed by atoms with E-state index in [0.29, 0.717) is 18.7 Å². The number of piperazine rings is 1. The second kappa shape index (κ2) is 8.72. The fourth-order valence-electron chi connectivity index (χ4n) is 3.66. The molecule has 4 rings (SSSR count). The largest absolute Gasteiger partial charge is 0.504 e. The SMILES string of the molecule is C=C1CN(CCOc2cc3oc(-c4ccc(O)c(O)c4)cc(=O)c3c(O)c2OC)CCN1. The minimum Gasteiger partial charge on any atom is -0.504 e. The molecule has 168 valence electrons. The smallest absolute Gasteiger partial charge is 0.204 e. The molecule has 0 atom stereocenters. The number of benzene rings is 2. The predicted octanol–water partition coefficient (Wildman–Crippen LogP) is 2.38. The fourth-order valence-corrected chi connectivity index (χ4v) is 3.66. The summed E-state index contributed by atoms with van der Waals surface area (Å²) in [5.41, 5.74) is 0.946. The molecule has 0 radical (unpaired) electrons. The maximum atomic E-state index is 12.7. The molecular formula is C23H24N2O7. The lowest BCUT2D eigenvalue weighted by atomic mass is 10.1. The lowest BCUT2D eigenvalue weighted by Crippen LogP contribution is -2.43. The van der Waals surface area contributed by atoms with Gasteiger partial charge in [-0.25, -0.2) is 0 Å². The van der Waals surface area contributed by atoms with Crippen molar-refractivity contribution in [2.24, 2.45) is 0 Å². The number of ether oxygens (including phenoxy) is 2. The van der Waals surface area contributed by atoms with Crippen LogP contribution >= 0.6 is 0 Å². The van der Waals surface area contributed by atoms with Gasteiger partial charge in [-0.1, -0.05) is 6.58 Å². The van der Waals surface area contributed by atoms with E-state index in [0.717, 1.165) is 25.3 Å². The van der Waals surface area contributed by atoms with Crippen LogP contribution in [0, 0.1) is 0 Å². The standard InChI is InChI=1S/C23H24N2O7/c1-13-12-25(6-5-24-13)7-8-31-20-11-19-21(22(29)23(20)30-2)17(28)10-18(32-19)14-3-4-15(26)16(27)9-14/h3-4,9-11,24,26-27,29H,1,5-8,12H2,2H3. The van der Waals surface area contributed by atoms with Crippen molar-refractivity contribution in [3.63, 3.8) is 0 Å². The van der Waals surface area contributed by atoms with Crippen LogP contribution in [0.25, 0.3) is 22.3 Å². The Morgan fingerprint density at radius 1 is 1.19 bits per heavy atom. The minimum absolute atomic E-state index is 0.0423. The van der Waals surface area contributed by atoms with Crippen molar-refractivity contribution in [1.29, 1.82) is 0 Å². The molecule has 1 aromatic heterocycles. The number of hydrogen-bond acceptors (Lipinski definition) is 9. The maximum absolute atomic E-state index is 12.7. The van der Waals surface area contributed by atoms with Gasteiger partial charge >= 0.3 is 0 Å². The number of nitrogens with one attached hydrogen (secondary N) is 1. The molecule has 2 aromatic carbocycles. The van der Waals surface area contributed by atoms with Crippen molar-refractivity contribution in [2.75, 3.05) is 39.9 Å². The van der Waals surface area contributed by atoms with Crippen LogP contribution in [0.2, 0.25) is 0 Å². The molecule has 9 heteroatoms. The molecule has 1 saturated heterocycles. The van der Waals surface area contributed by atoms with Crippen molar-refractivity contribution in [1.82, 2.24) is 10.2 Å². The van der Waals surface area contributed by atoms with Crippen LogP contribution < -0.4 is 20.2 Å². The monoisotopic (exact) mass is 440 g/mol. The number of rotatable bonds is 6. The van der Waals surface area contributed by atoms with E-state index in [1.54, 1.807) is 0 Å². The molecular weight excluding hydrogens is 416 g/mol. The third kappa shape index (κ3) is 4.15. The summed E-state index contributed by atoms with van der Waals surface area (Å²) < 4.78 is 17.0. The highest BCUT2D eigenvalue weighted by molar-refractivity contribution is 5.89. The third-order valence-electron chi connectivity index (χ3n) is 5.26. The van der Waals surface area contributed by atoms with E-state index in [2.05, 4.69) is 16.8 Å². The van der Waals surface area contributed by atoms with Crippen LogP contribution in [0.3, 0.4) is 0 Å². The zero-order chi connectivity index (χ0) is 22.8. The highest BCUT2D eigenvalue weighted by Gasteiger charge is 2.21. The first kappa shape index (κ1) is 21.4. The van der Waals surface area contributed by atoms with Gasteiger partial charge in [0.1, 0.15) is 23.3 Å². The molecule has 9 nitrogen and oxygen atoms in total. The Bertz CT molecular complexity index is 1240. The van der Waals surface area contributed by atoms with Gasteiger partial charge in [-0.3, -0.25) is 9.69 Å². The predicted molar refractivity (Wildman–Crippen MR) is 119 cm³/mol. The van der Waals surface area contributed by atoms with Gasteiger partial charge in [0.25, 0.3) is 0 Å². The van der Waals surface area contributed by atoms with Crippen molar-refractivity contribution in [2.45, 2.75) is 0 Å². The Kier molecular flexibility index (Phi) is 5.83. The fraction of sp³-hybridized carbons (Fsp3) is 0.261. The second-order valence-electron chi connectivity index (χ2n) is 7.46. The molecule has 1 aliphatic heterocycles. The van der Waals surface area contributed by atoms with Crippen molar-refractivity contribution in [3.05, 3.63) is 52.8 Å². The van der Waals surface area contributed by atoms with E-state index in [1.165, 1.54) is 37.4 Å². The summed E-state index contributed by atoms with van der Waals surface area (Å²) in [4.78, 5) is 14.9. The third-order valence-corrected chi connectivity index (χ3v) is 5.26. The number of methoxy groups -OCH3 is 1. The van der Waals surface area contributed by atoms with Gasteiger partial charge in [-0.15, -0.1) is 0 Å². The highest BCUT2D eigenvalue weighted by atomic mass is 16.5. The van der Waals surface area contributed by atoms with Gasteiger partial charge in [0.15, 0.2) is 28.4 Å². The van der Waals surface area contributed by atoms with Crippen molar-refractivity contribution < 1.29 is 29.2 Å². The minimum atomic E-state index is -0.490. The Hall–Kier alpha value is -3.85. The van der Waals surface area contributed by atoms with Gasteiger partial charge in [-0.05, 0) is 18.2 Å². The Balaban J connectivity index is 1.67. The lowest BCUT2D eigenvalue weighted by Gasteiger charge is -2.29. The van der Waals surface area contributed by atoms with E-state index in [-0.39, 0.29) is 45.5 Å². The van der Waals surface area contributed by atoms with E-state index in [1.807, 2.05) is 0 Å². The van der Waals surface area contributed by atoms with Gasteiger partial charge in [0.05, 0.1) is 7.11 Å². The van der Waals surface area contributed by atoms with Gasteiger partial charge in [0, 0.05) is 49.6 Å². The topological polar surface area (TPSA) is 125 Å². The number of phenolic OH excluding ortho intramolecular Hbond substituents is 3. The lowest BCUT2D eigenvalue weighted by molar-refractivity contribution is 0.201. The number of fused-ring (bicyclic) bond motifs is 1. The second-order valence-corrected chi connectivity index (χ2v) is 7.46. The molecule has 2 heterocycles. The summed E-state index contributed by atoms with van der Waals surface area (Å²) in [6.07, 6.45) is 0. The summed E-state index contributed by atoms with van der Waals surface area (Å²) in [6.45, 7) is 7.30. The summed E-state index contributed by atoms with van der Waals surface area (Å²) in [5, 5.41) is 33.1. The average molecular weight is 440 g/mol. The number of nitrogens with zero attached hydrogens (tertiary/aromatic N) is 1. The molecule has 0 amide bonds. The number of hydrogen-bond donors (Lipinski definition) is 4. The van der Waals surface area contributed by atoms with Crippen LogP contribution in [0.15, 0.2) is 51.8 Å². The Morgan fingerprint density at radius 2 is 2.00 bits per heavy atom. The first-order valence-corrected chi connectivity index (χ1v) is 10.0. The highest BCUT2D eigenvalue weighted by Crippen LogP contribution is 2.42. The zero-order valence-corrected chi connectivity index (χ0v) is 17.6. The molecule has 3 aromatic rings. The van der Waals surface area contributed by atoms with Gasteiger partial charge in [0.2, 0.25) is 5.75 Å². The van der Waals surface area contributed by atoms with Crippen molar-refractivity contribution in [3.8, 4) is 40.1 Å². The number of aromatic hydroxyl groups is 3. The molecule has 0 aliphatic carbocycles. The zero-order valence-electron chi connectivity index (χ0n) is 17.6. The summed E-state index contributed by atoms with van der Waals surface area (Å²) in [6, 6.07) is 6.77. The van der Waals surface area contributed by atoms with Crippen LogP contribution in [0.1, 0.15) is 0 Å². The molecule has 0 bridgehead atoms. The molecule has 0 unspecified atom stereocenters. The quantitative estimate of drug-likeness (QED) is 0.428. The van der Waals surface area contributed by atoms with Crippen LogP contribution in [-0.2, 0) is 0 Å². The molecule has 1 aliphatic rings. The van der Waals surface area contributed by atoms with E-state index < -0.39 is 5.43 Å². The normalized spacial score (nSPS) is 14.3. The first-order valence-electron chi connectivity index (χ1n) is 10.0. The van der Waals surface area contributed by atoms with E-state index in [4.69, 9.17) is 13.9 Å². The molecule has 0 spiro atoms. The molecule has 32 heavy (non-hydrogen) atoms. The number of phenols is 3. The summed E-state index contributed by atoms with van der Waals surface area (Å²) >= 11 is 0. The first-order chi connectivity index (χ1) is 15.4. The average Bonchev–Trinajstić information content (AvgIpc) is 2.75. The van der Waals surface area contributed by atoms with Gasteiger partial charge in [-0.2, -0.15) is 0 Å². The summed E-state index contributed by atoms with van der Waals surface area (Å²) in [5.74, 6) is -0.563.